The third-order valence-electron chi connectivity index (χ3n) is 3.36. The highest BCUT2D eigenvalue weighted by molar-refractivity contribution is 7.98. The van der Waals surface area contributed by atoms with Crippen LogP contribution in [0, 0.1) is 5.92 Å². The topological polar surface area (TPSA) is 32.3 Å². The van der Waals surface area contributed by atoms with Crippen LogP contribution in [0.5, 0.6) is 0 Å². The van der Waals surface area contributed by atoms with Gasteiger partial charge in [0.2, 0.25) is 0 Å². The molecule has 0 unspecified atom stereocenters. The van der Waals surface area contributed by atoms with Gasteiger partial charge in [0.1, 0.15) is 0 Å². The van der Waals surface area contributed by atoms with E-state index in [1.165, 1.54) is 11.8 Å². The van der Waals surface area contributed by atoms with Crippen molar-refractivity contribution in [2.75, 3.05) is 18.6 Å². The normalized spacial score (nSPS) is 29.0. The summed E-state index contributed by atoms with van der Waals surface area (Å²) in [5.41, 5.74) is -0.857. The molecule has 0 aliphatic heterocycles. The van der Waals surface area contributed by atoms with Crippen molar-refractivity contribution in [1.29, 1.82) is 0 Å². The first-order valence-corrected chi connectivity index (χ1v) is 7.65. The molecule has 1 saturated carbocycles. The van der Waals surface area contributed by atoms with Crippen LogP contribution in [0.1, 0.15) is 32.6 Å². The Morgan fingerprint density at radius 2 is 2.00 bits per heavy atom. The van der Waals surface area contributed by atoms with E-state index in [1.807, 2.05) is 6.26 Å². The molecule has 18 heavy (non-hydrogen) atoms. The van der Waals surface area contributed by atoms with Gasteiger partial charge in [0.25, 0.3) is 0 Å². The van der Waals surface area contributed by atoms with Crippen molar-refractivity contribution in [3.8, 4) is 0 Å². The SMILES string of the molecule is CSC[C@](C)(O)CN[C@H]1CCC[C@@H](C(F)(F)F)C1. The fourth-order valence-corrected chi connectivity index (χ4v) is 3.12. The summed E-state index contributed by atoms with van der Waals surface area (Å²) in [7, 11) is 0. The highest BCUT2D eigenvalue weighted by Crippen LogP contribution is 2.37. The molecule has 2 N–H and O–H groups in total. The first-order valence-electron chi connectivity index (χ1n) is 6.26. The zero-order valence-electron chi connectivity index (χ0n) is 10.9. The molecule has 3 atom stereocenters. The molecule has 0 amide bonds. The Morgan fingerprint density at radius 1 is 1.33 bits per heavy atom. The van der Waals surface area contributed by atoms with Gasteiger partial charge in [-0.3, -0.25) is 0 Å². The summed E-state index contributed by atoms with van der Waals surface area (Å²) >= 11 is 1.53. The second kappa shape index (κ2) is 6.48. The number of alkyl halides is 3. The number of nitrogens with one attached hydrogen (secondary N) is 1. The Balaban J connectivity index is 2.39. The Bertz CT molecular complexity index is 258. The fraction of sp³-hybridized carbons (Fsp3) is 1.00. The molecule has 0 aromatic carbocycles. The van der Waals surface area contributed by atoms with Crippen molar-refractivity contribution < 1.29 is 18.3 Å². The van der Waals surface area contributed by atoms with Crippen LogP contribution in [-0.4, -0.2) is 41.5 Å². The smallest absolute Gasteiger partial charge is 0.388 e. The lowest BCUT2D eigenvalue weighted by Gasteiger charge is -2.33. The maximum Gasteiger partial charge on any atom is 0.391 e. The third-order valence-corrected chi connectivity index (χ3v) is 4.27. The molecule has 1 aliphatic carbocycles. The van der Waals surface area contributed by atoms with E-state index in [0.29, 0.717) is 18.7 Å². The summed E-state index contributed by atoms with van der Waals surface area (Å²) in [6.45, 7) is 2.06. The average Bonchev–Trinajstić information content (AvgIpc) is 2.26. The van der Waals surface area contributed by atoms with Gasteiger partial charge in [-0.05, 0) is 32.4 Å². The highest BCUT2D eigenvalue weighted by Gasteiger charge is 2.42. The van der Waals surface area contributed by atoms with Crippen molar-refractivity contribution >= 4 is 11.8 Å². The van der Waals surface area contributed by atoms with Gasteiger partial charge in [0.15, 0.2) is 0 Å². The van der Waals surface area contributed by atoms with Gasteiger partial charge in [0.05, 0.1) is 11.5 Å². The number of rotatable bonds is 5. The predicted octanol–water partition coefficient (Wildman–Crippen LogP) is 2.81. The van der Waals surface area contributed by atoms with E-state index in [2.05, 4.69) is 5.32 Å². The third kappa shape index (κ3) is 5.36. The van der Waals surface area contributed by atoms with Gasteiger partial charge in [-0.1, -0.05) is 6.42 Å². The molecule has 2 nitrogen and oxygen atoms in total. The van der Waals surface area contributed by atoms with E-state index >= 15 is 0 Å². The molecule has 0 heterocycles. The lowest BCUT2D eigenvalue weighted by atomic mass is 9.85. The molecule has 1 aliphatic rings. The summed E-state index contributed by atoms with van der Waals surface area (Å²) in [6.07, 6.45) is -0.437. The van der Waals surface area contributed by atoms with Gasteiger partial charge >= 0.3 is 6.18 Å². The first-order chi connectivity index (χ1) is 8.24. The quantitative estimate of drug-likeness (QED) is 0.814. The fourth-order valence-electron chi connectivity index (χ4n) is 2.40. The molecule has 1 rings (SSSR count). The molecular formula is C12H22F3NOS. The van der Waals surface area contributed by atoms with Gasteiger partial charge in [-0.25, -0.2) is 0 Å². The van der Waals surface area contributed by atoms with Crippen molar-refractivity contribution in [3.05, 3.63) is 0 Å². The number of hydrogen-bond acceptors (Lipinski definition) is 3. The molecule has 6 heteroatoms. The van der Waals surface area contributed by atoms with Crippen molar-refractivity contribution in [3.63, 3.8) is 0 Å². The molecule has 0 aromatic rings. The molecule has 0 aromatic heterocycles. The van der Waals surface area contributed by atoms with Crippen LogP contribution in [0.3, 0.4) is 0 Å². The lowest BCUT2D eigenvalue weighted by molar-refractivity contribution is -0.183. The van der Waals surface area contributed by atoms with E-state index in [-0.39, 0.29) is 18.9 Å². The Kier molecular flexibility index (Phi) is 5.80. The van der Waals surface area contributed by atoms with Gasteiger partial charge < -0.3 is 10.4 Å². The first kappa shape index (κ1) is 16.1. The summed E-state index contributed by atoms with van der Waals surface area (Å²) in [6, 6.07) is -0.126. The lowest BCUT2D eigenvalue weighted by Crippen LogP contribution is -2.46. The van der Waals surface area contributed by atoms with E-state index in [0.717, 1.165) is 6.42 Å². The van der Waals surface area contributed by atoms with Crippen LogP contribution in [0.25, 0.3) is 0 Å². The van der Waals surface area contributed by atoms with Gasteiger partial charge in [-0.15, -0.1) is 0 Å². The average molecular weight is 285 g/mol. The van der Waals surface area contributed by atoms with Crippen LogP contribution >= 0.6 is 11.8 Å². The van der Waals surface area contributed by atoms with Crippen LogP contribution in [0.4, 0.5) is 13.2 Å². The Morgan fingerprint density at radius 3 is 2.56 bits per heavy atom. The molecular weight excluding hydrogens is 263 g/mol. The summed E-state index contributed by atoms with van der Waals surface area (Å²) < 4.78 is 37.9. The number of aliphatic hydroxyl groups is 1. The predicted molar refractivity (Wildman–Crippen MR) is 68.8 cm³/mol. The van der Waals surface area contributed by atoms with Crippen LogP contribution in [-0.2, 0) is 0 Å². The number of halogens is 3. The van der Waals surface area contributed by atoms with E-state index in [9.17, 15) is 18.3 Å². The largest absolute Gasteiger partial charge is 0.391 e. The Labute approximate surface area is 111 Å². The van der Waals surface area contributed by atoms with Crippen LogP contribution in [0.2, 0.25) is 0 Å². The van der Waals surface area contributed by atoms with Crippen LogP contribution in [0.15, 0.2) is 0 Å². The molecule has 0 radical (unpaired) electrons. The minimum Gasteiger partial charge on any atom is -0.388 e. The monoisotopic (exact) mass is 285 g/mol. The standard InChI is InChI=1S/C12H22F3NOS/c1-11(17,8-18-2)7-16-10-5-3-4-9(6-10)12(13,14)15/h9-10,16-17H,3-8H2,1-2H3/t9-,10+,11-/m1/s1. The van der Waals surface area contributed by atoms with E-state index in [1.54, 1.807) is 6.92 Å². The number of thioether (sulfide) groups is 1. The minimum atomic E-state index is -4.08. The van der Waals surface area contributed by atoms with Crippen molar-refractivity contribution in [1.82, 2.24) is 5.32 Å². The molecule has 0 spiro atoms. The summed E-state index contributed by atoms with van der Waals surface area (Å²) in [5, 5.41) is 13.1. The second-order valence-corrected chi connectivity index (χ2v) is 6.28. The maximum atomic E-state index is 12.6. The van der Waals surface area contributed by atoms with Crippen LogP contribution < -0.4 is 5.32 Å². The van der Waals surface area contributed by atoms with Gasteiger partial charge in [0, 0.05) is 18.3 Å². The zero-order valence-corrected chi connectivity index (χ0v) is 11.7. The Hall–Kier alpha value is 0.0600. The molecule has 1 fully saturated rings. The highest BCUT2D eigenvalue weighted by atomic mass is 32.2. The summed E-state index contributed by atoms with van der Waals surface area (Å²) in [5.74, 6) is -0.607. The van der Waals surface area contributed by atoms with E-state index in [4.69, 9.17) is 0 Å². The van der Waals surface area contributed by atoms with E-state index < -0.39 is 17.7 Å². The maximum absolute atomic E-state index is 12.6. The second-order valence-electron chi connectivity index (χ2n) is 5.41. The van der Waals surface area contributed by atoms with Crippen molar-refractivity contribution in [2.24, 2.45) is 5.92 Å². The summed E-state index contributed by atoms with van der Waals surface area (Å²) in [4.78, 5) is 0. The van der Waals surface area contributed by atoms with Crippen molar-refractivity contribution in [2.45, 2.75) is 50.4 Å². The molecule has 0 bridgehead atoms. The van der Waals surface area contributed by atoms with Gasteiger partial charge in [-0.2, -0.15) is 24.9 Å². The zero-order chi connectivity index (χ0) is 13.8. The molecule has 108 valence electrons. The molecule has 0 saturated heterocycles. The number of hydrogen-bond donors (Lipinski definition) is 2. The minimum absolute atomic E-state index is 0.126.